The number of amides is 2. The molecule has 0 saturated carbocycles. The van der Waals surface area contributed by atoms with Crippen LogP contribution in [0, 0.1) is 30.4 Å². The van der Waals surface area contributed by atoms with Gasteiger partial charge < -0.3 is 15.4 Å². The topological polar surface area (TPSA) is 75.5 Å². The van der Waals surface area contributed by atoms with E-state index in [1.807, 2.05) is 37.0 Å². The number of piperazine rings is 1. The third-order valence-electron chi connectivity index (χ3n) is 8.17. The Labute approximate surface area is 169 Å². The van der Waals surface area contributed by atoms with E-state index in [-0.39, 0.29) is 17.7 Å². The summed E-state index contributed by atoms with van der Waals surface area (Å²) >= 11 is 0. The monoisotopic (exact) mass is 391 g/mol. The molecule has 1 aromatic carbocycles. The van der Waals surface area contributed by atoms with Crippen molar-refractivity contribution in [3.05, 3.63) is 40.1 Å². The van der Waals surface area contributed by atoms with E-state index in [9.17, 15) is 14.8 Å². The third-order valence-corrected chi connectivity index (χ3v) is 8.17. The standard InChI is InChI=1S/C23H25N3O3/c1-12-8-13(2)17-14(9-12)15-10-23-16(21(3,4)18(15)26(17)29)11-22(19(27)24-23)6-5-7-25(22)20(23)28/h8-10,16H,5-7,11H2,1-4H3,(H,24,27)/t16?,22-,23+/m1/s1. The molecule has 6 heteroatoms. The van der Waals surface area contributed by atoms with Crippen LogP contribution >= 0.6 is 0 Å². The second-order valence-electron chi connectivity index (χ2n) is 10.1. The molecule has 1 aromatic rings. The second kappa shape index (κ2) is 4.74. The van der Waals surface area contributed by atoms with Crippen molar-refractivity contribution < 1.29 is 14.3 Å². The Morgan fingerprint density at radius 1 is 1.24 bits per heavy atom. The molecule has 5 heterocycles. The van der Waals surface area contributed by atoms with Crippen LogP contribution in [0.2, 0.25) is 0 Å². The van der Waals surface area contributed by atoms with E-state index in [4.69, 9.17) is 0 Å². The van der Waals surface area contributed by atoms with Crippen LogP contribution in [0.1, 0.15) is 49.8 Å². The van der Waals surface area contributed by atoms with Gasteiger partial charge in [-0.2, -0.15) is 4.74 Å². The summed E-state index contributed by atoms with van der Waals surface area (Å²) in [6.45, 7) is 8.75. The summed E-state index contributed by atoms with van der Waals surface area (Å²) in [6, 6.07) is 4.05. The van der Waals surface area contributed by atoms with Crippen molar-refractivity contribution in [1.82, 2.24) is 10.2 Å². The molecule has 1 aliphatic carbocycles. The number of fused-ring (bicyclic) bond motifs is 4. The van der Waals surface area contributed by atoms with Gasteiger partial charge in [0.15, 0.2) is 0 Å². The van der Waals surface area contributed by atoms with Gasteiger partial charge in [-0.15, -0.1) is 0 Å². The SMILES string of the molecule is Cc1cc(C)c2c(c1)C1=C[C@@]34NC(=O)[C@@]5(CCCN5C3=O)CC4C(C)(C)C1=[N+]2[O-]. The van der Waals surface area contributed by atoms with E-state index in [2.05, 4.69) is 19.2 Å². The predicted octanol–water partition coefficient (Wildman–Crippen LogP) is 2.57. The Hall–Kier alpha value is -2.63. The van der Waals surface area contributed by atoms with Gasteiger partial charge in [0.1, 0.15) is 11.1 Å². The molecule has 2 spiro atoms. The van der Waals surface area contributed by atoms with Gasteiger partial charge in [0.05, 0.1) is 16.6 Å². The fraction of sp³-hybridized carbons (Fsp3) is 0.522. The number of allylic oxidation sites excluding steroid dienone is 1. The first kappa shape index (κ1) is 17.2. The van der Waals surface area contributed by atoms with Gasteiger partial charge in [-0.3, -0.25) is 9.59 Å². The summed E-state index contributed by atoms with van der Waals surface area (Å²) in [7, 11) is 0. The normalized spacial score (nSPS) is 35.8. The third kappa shape index (κ3) is 1.66. The van der Waals surface area contributed by atoms with Crippen molar-refractivity contribution in [3.63, 3.8) is 0 Å². The number of nitrogens with one attached hydrogen (secondary N) is 1. The zero-order valence-corrected chi connectivity index (χ0v) is 17.3. The number of piperidine rings is 2. The lowest BCUT2D eigenvalue weighted by Gasteiger charge is -2.62. The van der Waals surface area contributed by atoms with Gasteiger partial charge in [0.25, 0.3) is 5.91 Å². The quantitative estimate of drug-likeness (QED) is 0.546. The lowest BCUT2D eigenvalue weighted by molar-refractivity contribution is -0.363. The molecule has 0 radical (unpaired) electrons. The molecule has 2 amide bonds. The molecule has 3 atom stereocenters. The summed E-state index contributed by atoms with van der Waals surface area (Å²) in [5.74, 6) is -0.166. The maximum atomic E-state index is 13.7. The molecule has 6 aliphatic rings. The molecule has 6 nitrogen and oxygen atoms in total. The molecule has 2 bridgehead atoms. The minimum Gasteiger partial charge on any atom is -0.618 e. The first-order valence-corrected chi connectivity index (χ1v) is 10.5. The number of aryl methyl sites for hydroxylation is 2. The lowest BCUT2D eigenvalue weighted by Crippen LogP contribution is -2.83. The fourth-order valence-corrected chi connectivity index (χ4v) is 6.99. The van der Waals surface area contributed by atoms with Crippen LogP contribution in [-0.4, -0.2) is 44.8 Å². The van der Waals surface area contributed by atoms with E-state index in [0.29, 0.717) is 25.1 Å². The first-order valence-electron chi connectivity index (χ1n) is 10.5. The van der Waals surface area contributed by atoms with Crippen molar-refractivity contribution >= 4 is 28.8 Å². The highest BCUT2D eigenvalue weighted by Gasteiger charge is 2.73. The summed E-state index contributed by atoms with van der Waals surface area (Å²) < 4.78 is 1.08. The van der Waals surface area contributed by atoms with Crippen LogP contribution < -0.4 is 5.32 Å². The van der Waals surface area contributed by atoms with Gasteiger partial charge >= 0.3 is 0 Å². The zero-order chi connectivity index (χ0) is 20.5. The van der Waals surface area contributed by atoms with Gasteiger partial charge in [0, 0.05) is 18.0 Å². The van der Waals surface area contributed by atoms with Gasteiger partial charge in [-0.1, -0.05) is 0 Å². The molecule has 4 saturated heterocycles. The summed E-state index contributed by atoms with van der Waals surface area (Å²) in [4.78, 5) is 28.7. The minimum atomic E-state index is -1.06. The number of rotatable bonds is 0. The van der Waals surface area contributed by atoms with Crippen LogP contribution in [0.15, 0.2) is 18.2 Å². The van der Waals surface area contributed by atoms with E-state index in [1.54, 1.807) is 0 Å². The van der Waals surface area contributed by atoms with Gasteiger partial charge in [0.2, 0.25) is 17.3 Å². The summed E-state index contributed by atoms with van der Waals surface area (Å²) in [5, 5.41) is 16.6. The number of nitrogens with zero attached hydrogens (tertiary/aromatic N) is 2. The Morgan fingerprint density at radius 3 is 2.76 bits per heavy atom. The van der Waals surface area contributed by atoms with Crippen LogP contribution in [-0.2, 0) is 9.59 Å². The Morgan fingerprint density at radius 2 is 2.00 bits per heavy atom. The molecular formula is C23H25N3O3. The van der Waals surface area contributed by atoms with Crippen molar-refractivity contribution in [2.24, 2.45) is 11.3 Å². The Balaban J connectivity index is 1.68. The van der Waals surface area contributed by atoms with Crippen LogP contribution in [0.3, 0.4) is 0 Å². The number of hydrogen-bond acceptors (Lipinski definition) is 3. The number of carbonyl (C=O) groups is 2. The number of hydrogen-bond donors (Lipinski definition) is 1. The average Bonchev–Trinajstić information content (AvgIpc) is 3.18. The van der Waals surface area contributed by atoms with E-state index in [0.717, 1.165) is 39.1 Å². The van der Waals surface area contributed by atoms with Gasteiger partial charge in [-0.05, 0) is 70.7 Å². The van der Waals surface area contributed by atoms with Crippen LogP contribution in [0.5, 0.6) is 0 Å². The zero-order valence-electron chi connectivity index (χ0n) is 17.3. The Kier molecular flexibility index (Phi) is 2.82. The molecule has 1 unspecified atom stereocenters. The fourth-order valence-electron chi connectivity index (χ4n) is 6.99. The second-order valence-corrected chi connectivity index (χ2v) is 10.1. The molecule has 29 heavy (non-hydrogen) atoms. The Bertz CT molecular complexity index is 1110. The minimum absolute atomic E-state index is 0.000693. The molecular weight excluding hydrogens is 366 g/mol. The number of benzene rings is 1. The average molecular weight is 391 g/mol. The van der Waals surface area contributed by atoms with Crippen molar-refractivity contribution in [3.8, 4) is 0 Å². The van der Waals surface area contributed by atoms with E-state index >= 15 is 0 Å². The maximum absolute atomic E-state index is 13.7. The smallest absolute Gasteiger partial charge is 0.253 e. The summed E-state index contributed by atoms with van der Waals surface area (Å²) in [6.07, 6.45) is 4.09. The van der Waals surface area contributed by atoms with Crippen molar-refractivity contribution in [2.75, 3.05) is 6.54 Å². The van der Waals surface area contributed by atoms with Gasteiger partial charge in [-0.25, -0.2) is 0 Å². The molecule has 4 fully saturated rings. The molecule has 5 aliphatic heterocycles. The molecule has 150 valence electrons. The van der Waals surface area contributed by atoms with Crippen molar-refractivity contribution in [1.29, 1.82) is 0 Å². The van der Waals surface area contributed by atoms with Crippen molar-refractivity contribution in [2.45, 2.75) is 58.0 Å². The van der Waals surface area contributed by atoms with E-state index in [1.165, 1.54) is 0 Å². The maximum Gasteiger partial charge on any atom is 0.253 e. The molecule has 1 N–H and O–H groups in total. The molecule has 0 aromatic heterocycles. The predicted molar refractivity (Wildman–Crippen MR) is 109 cm³/mol. The highest BCUT2D eigenvalue weighted by molar-refractivity contribution is 6.30. The largest absolute Gasteiger partial charge is 0.618 e. The van der Waals surface area contributed by atoms with Crippen LogP contribution in [0.4, 0.5) is 5.69 Å². The van der Waals surface area contributed by atoms with E-state index < -0.39 is 16.5 Å². The van der Waals surface area contributed by atoms with Crippen LogP contribution in [0.25, 0.3) is 5.57 Å². The lowest BCUT2D eigenvalue weighted by atomic mass is 9.51. The number of carbonyl (C=O) groups excluding carboxylic acids is 2. The molecule has 7 rings (SSSR count). The summed E-state index contributed by atoms with van der Waals surface area (Å²) in [5.41, 5.74) is 2.76. The first-order chi connectivity index (χ1) is 13.6. The highest BCUT2D eigenvalue weighted by Crippen LogP contribution is 2.60. The highest BCUT2D eigenvalue weighted by atomic mass is 16.5.